The van der Waals surface area contributed by atoms with Crippen molar-refractivity contribution in [1.29, 1.82) is 0 Å². The number of hydrogen-bond donors (Lipinski definition) is 1. The van der Waals surface area contributed by atoms with E-state index in [0.717, 1.165) is 32.2 Å². The summed E-state index contributed by atoms with van der Waals surface area (Å²) in [4.78, 5) is 0. The van der Waals surface area contributed by atoms with Gasteiger partial charge in [0.2, 0.25) is 0 Å². The first-order valence-electron chi connectivity index (χ1n) is 6.03. The normalized spacial score (nSPS) is 12.4. The summed E-state index contributed by atoms with van der Waals surface area (Å²) in [6, 6.07) is 0. The third-order valence-electron chi connectivity index (χ3n) is 2.11. The predicted molar refractivity (Wildman–Crippen MR) is 63.0 cm³/mol. The molecule has 0 heterocycles. The molecule has 0 radical (unpaired) electrons. The van der Waals surface area contributed by atoms with Gasteiger partial charge in [0.05, 0.1) is 0 Å². The van der Waals surface area contributed by atoms with Crippen LogP contribution in [0, 0.1) is 0 Å². The molecule has 0 spiro atoms. The van der Waals surface area contributed by atoms with Gasteiger partial charge in [-0.2, -0.15) is 0 Å². The quantitative estimate of drug-likeness (QED) is 0.622. The lowest BCUT2D eigenvalue weighted by atomic mass is 10.1. The lowest BCUT2D eigenvalue weighted by Gasteiger charge is -2.20. The van der Waals surface area contributed by atoms with Crippen LogP contribution in [0.5, 0.6) is 0 Å². The van der Waals surface area contributed by atoms with E-state index >= 15 is 0 Å². The van der Waals surface area contributed by atoms with E-state index in [9.17, 15) is 8.78 Å². The maximum atomic E-state index is 11.7. The van der Waals surface area contributed by atoms with E-state index in [4.69, 9.17) is 4.74 Å². The van der Waals surface area contributed by atoms with Crippen molar-refractivity contribution >= 4 is 0 Å². The molecular weight excluding hydrogens is 212 g/mol. The summed E-state index contributed by atoms with van der Waals surface area (Å²) in [5, 5.41) is 3.41. The summed E-state index contributed by atoms with van der Waals surface area (Å²) in [5.74, 6) is 0. The van der Waals surface area contributed by atoms with Crippen LogP contribution in [0.1, 0.15) is 46.5 Å². The zero-order chi connectivity index (χ0) is 12.4. The Morgan fingerprint density at radius 1 is 1.06 bits per heavy atom. The summed E-state index contributed by atoms with van der Waals surface area (Å²) in [7, 11) is 0. The number of unbranched alkanes of at least 4 members (excludes halogenated alkanes) is 3. The van der Waals surface area contributed by atoms with Crippen molar-refractivity contribution in [3.63, 3.8) is 0 Å². The van der Waals surface area contributed by atoms with E-state index in [0.29, 0.717) is 6.61 Å². The molecule has 0 fully saturated rings. The molecule has 0 aromatic rings. The Kier molecular flexibility index (Phi) is 8.76. The van der Waals surface area contributed by atoms with Gasteiger partial charge < -0.3 is 10.1 Å². The fourth-order valence-corrected chi connectivity index (χ4v) is 1.32. The lowest BCUT2D eigenvalue weighted by molar-refractivity contribution is 0.0162. The molecule has 98 valence electrons. The van der Waals surface area contributed by atoms with Gasteiger partial charge in [0.25, 0.3) is 6.43 Å². The van der Waals surface area contributed by atoms with Crippen LogP contribution in [0.2, 0.25) is 0 Å². The largest absolute Gasteiger partial charge is 0.376 e. The van der Waals surface area contributed by atoms with Crippen molar-refractivity contribution in [3.05, 3.63) is 0 Å². The number of rotatable bonds is 9. The number of halogens is 2. The maximum Gasteiger partial charge on any atom is 0.261 e. The minimum atomic E-state index is -2.34. The molecule has 1 N–H and O–H groups in total. The summed E-state index contributed by atoms with van der Waals surface area (Å²) in [5.41, 5.74) is 0.181. The van der Waals surface area contributed by atoms with Crippen molar-refractivity contribution in [2.45, 2.75) is 58.4 Å². The average Bonchev–Trinajstić information content (AvgIpc) is 2.13. The highest BCUT2D eigenvalue weighted by molar-refractivity contribution is 4.69. The van der Waals surface area contributed by atoms with Crippen molar-refractivity contribution in [2.24, 2.45) is 0 Å². The van der Waals surface area contributed by atoms with Crippen LogP contribution in [0.3, 0.4) is 0 Å². The summed E-state index contributed by atoms with van der Waals surface area (Å²) in [6.45, 7) is 7.48. The molecule has 0 rings (SSSR count). The molecule has 16 heavy (non-hydrogen) atoms. The van der Waals surface area contributed by atoms with E-state index in [-0.39, 0.29) is 5.54 Å². The van der Waals surface area contributed by atoms with Crippen molar-refractivity contribution in [2.75, 3.05) is 19.8 Å². The van der Waals surface area contributed by atoms with E-state index < -0.39 is 13.0 Å². The van der Waals surface area contributed by atoms with Crippen LogP contribution in [0.25, 0.3) is 0 Å². The second-order valence-corrected chi connectivity index (χ2v) is 5.06. The van der Waals surface area contributed by atoms with Crippen LogP contribution in [0.15, 0.2) is 0 Å². The molecule has 0 saturated heterocycles. The third kappa shape index (κ3) is 13.8. The Morgan fingerprint density at radius 2 is 1.69 bits per heavy atom. The summed E-state index contributed by atoms with van der Waals surface area (Å²) < 4.78 is 28.2. The molecule has 0 aliphatic carbocycles. The smallest absolute Gasteiger partial charge is 0.261 e. The first-order chi connectivity index (χ1) is 7.42. The molecule has 0 saturated carbocycles. The fraction of sp³-hybridized carbons (Fsp3) is 1.00. The second-order valence-electron chi connectivity index (χ2n) is 5.06. The SMILES string of the molecule is CC(C)(C)NCCCCCCOCC(F)F. The first-order valence-corrected chi connectivity index (χ1v) is 6.03. The predicted octanol–water partition coefficient (Wildman–Crippen LogP) is 3.22. The Labute approximate surface area is 97.7 Å². The van der Waals surface area contributed by atoms with Gasteiger partial charge in [0, 0.05) is 12.1 Å². The zero-order valence-corrected chi connectivity index (χ0v) is 10.7. The van der Waals surface area contributed by atoms with Gasteiger partial charge >= 0.3 is 0 Å². The molecule has 0 aliphatic rings. The number of nitrogens with one attached hydrogen (secondary N) is 1. The van der Waals surface area contributed by atoms with E-state index in [2.05, 4.69) is 26.1 Å². The first kappa shape index (κ1) is 15.8. The molecule has 0 aromatic heterocycles. The van der Waals surface area contributed by atoms with Gasteiger partial charge in [0.15, 0.2) is 0 Å². The molecule has 0 amide bonds. The highest BCUT2D eigenvalue weighted by Crippen LogP contribution is 2.03. The van der Waals surface area contributed by atoms with Crippen LogP contribution < -0.4 is 5.32 Å². The Balaban J connectivity index is 3.05. The minimum Gasteiger partial charge on any atom is -0.376 e. The molecule has 0 aromatic carbocycles. The van der Waals surface area contributed by atoms with Gasteiger partial charge in [-0.25, -0.2) is 8.78 Å². The Morgan fingerprint density at radius 3 is 2.25 bits per heavy atom. The number of ether oxygens (including phenoxy) is 1. The van der Waals surface area contributed by atoms with E-state index in [1.165, 1.54) is 0 Å². The van der Waals surface area contributed by atoms with Crippen LogP contribution >= 0.6 is 0 Å². The Hall–Kier alpha value is -0.220. The van der Waals surface area contributed by atoms with Crippen LogP contribution in [0.4, 0.5) is 8.78 Å². The molecule has 0 atom stereocenters. The molecule has 4 heteroatoms. The molecule has 0 aliphatic heterocycles. The topological polar surface area (TPSA) is 21.3 Å². The third-order valence-corrected chi connectivity index (χ3v) is 2.11. The Bertz CT molecular complexity index is 158. The number of alkyl halides is 2. The monoisotopic (exact) mass is 237 g/mol. The lowest BCUT2D eigenvalue weighted by Crippen LogP contribution is -2.36. The van der Waals surface area contributed by atoms with Gasteiger partial charge in [-0.05, 0) is 40.2 Å². The van der Waals surface area contributed by atoms with Gasteiger partial charge in [-0.3, -0.25) is 0 Å². The summed E-state index contributed by atoms with van der Waals surface area (Å²) >= 11 is 0. The van der Waals surface area contributed by atoms with Crippen molar-refractivity contribution < 1.29 is 13.5 Å². The molecular formula is C12H25F2NO. The highest BCUT2D eigenvalue weighted by atomic mass is 19.3. The highest BCUT2D eigenvalue weighted by Gasteiger charge is 2.06. The summed E-state index contributed by atoms with van der Waals surface area (Å²) in [6.07, 6.45) is 1.85. The molecule has 0 bridgehead atoms. The number of hydrogen-bond acceptors (Lipinski definition) is 2. The molecule has 0 unspecified atom stereocenters. The van der Waals surface area contributed by atoms with Gasteiger partial charge in [-0.1, -0.05) is 12.8 Å². The second kappa shape index (κ2) is 8.88. The standard InChI is InChI=1S/C12H25F2NO/c1-12(2,3)15-8-6-4-5-7-9-16-10-11(13)14/h11,15H,4-10H2,1-3H3. The van der Waals surface area contributed by atoms with Gasteiger partial charge in [0.1, 0.15) is 6.61 Å². The zero-order valence-electron chi connectivity index (χ0n) is 10.7. The fourth-order valence-electron chi connectivity index (χ4n) is 1.32. The molecule has 2 nitrogen and oxygen atoms in total. The van der Waals surface area contributed by atoms with Gasteiger partial charge in [-0.15, -0.1) is 0 Å². The minimum absolute atomic E-state index is 0.181. The van der Waals surface area contributed by atoms with Crippen molar-refractivity contribution in [1.82, 2.24) is 5.32 Å². The average molecular weight is 237 g/mol. The van der Waals surface area contributed by atoms with Crippen LogP contribution in [-0.2, 0) is 4.74 Å². The maximum absolute atomic E-state index is 11.7. The van der Waals surface area contributed by atoms with Crippen molar-refractivity contribution in [3.8, 4) is 0 Å². The van der Waals surface area contributed by atoms with Crippen LogP contribution in [-0.4, -0.2) is 31.7 Å². The van der Waals surface area contributed by atoms with E-state index in [1.54, 1.807) is 0 Å². The van der Waals surface area contributed by atoms with E-state index in [1.807, 2.05) is 0 Å².